The number of amides is 3. The number of likely N-dealkylation sites (tertiary alicyclic amines) is 2. The second-order valence-electron chi connectivity index (χ2n) is 7.43. The summed E-state index contributed by atoms with van der Waals surface area (Å²) >= 11 is 0. The van der Waals surface area contributed by atoms with Gasteiger partial charge in [-0.1, -0.05) is 13.0 Å². The molecule has 0 bridgehead atoms. The first-order valence-corrected chi connectivity index (χ1v) is 8.81. The maximum atomic E-state index is 13.6. The molecule has 152 valence electrons. The predicted molar refractivity (Wildman–Crippen MR) is 93.2 cm³/mol. The molecule has 3 unspecified atom stereocenters. The van der Waals surface area contributed by atoms with Crippen molar-refractivity contribution in [3.8, 4) is 0 Å². The van der Waals surface area contributed by atoms with E-state index < -0.39 is 59.0 Å². The monoisotopic (exact) mass is 396 g/mol. The Kier molecular flexibility index (Phi) is 4.88. The van der Waals surface area contributed by atoms with E-state index in [1.807, 2.05) is 0 Å². The van der Waals surface area contributed by atoms with E-state index >= 15 is 0 Å². The lowest BCUT2D eigenvalue weighted by atomic mass is 9.75. The highest BCUT2D eigenvalue weighted by molar-refractivity contribution is 6.03. The summed E-state index contributed by atoms with van der Waals surface area (Å²) in [5.74, 6) is -4.61. The molecule has 1 aromatic rings. The second-order valence-corrected chi connectivity index (χ2v) is 7.43. The van der Waals surface area contributed by atoms with E-state index in [9.17, 15) is 28.3 Å². The number of hydrogen-bond donors (Lipinski definition) is 3. The number of primary amides is 1. The molecule has 5 N–H and O–H groups in total. The summed E-state index contributed by atoms with van der Waals surface area (Å²) in [5, 5.41) is 9.82. The number of benzene rings is 1. The number of aliphatic hydroxyl groups is 1. The first kappa shape index (κ1) is 20.2. The molecular weight excluding hydrogens is 374 g/mol. The van der Waals surface area contributed by atoms with E-state index in [-0.39, 0.29) is 13.1 Å². The van der Waals surface area contributed by atoms with Gasteiger partial charge < -0.3 is 26.4 Å². The van der Waals surface area contributed by atoms with E-state index in [2.05, 4.69) is 0 Å². The molecule has 1 spiro atoms. The van der Waals surface area contributed by atoms with Crippen LogP contribution in [0.1, 0.15) is 19.4 Å². The second kappa shape index (κ2) is 6.78. The molecule has 0 saturated carbocycles. The molecule has 28 heavy (non-hydrogen) atoms. The van der Waals surface area contributed by atoms with Crippen molar-refractivity contribution >= 4 is 17.7 Å². The number of rotatable bonds is 5. The van der Waals surface area contributed by atoms with Crippen LogP contribution in [0.5, 0.6) is 0 Å². The Morgan fingerprint density at radius 2 is 2.00 bits per heavy atom. The highest BCUT2D eigenvalue weighted by Gasteiger charge is 2.68. The molecule has 0 aromatic heterocycles. The first-order chi connectivity index (χ1) is 13.0. The fourth-order valence-electron chi connectivity index (χ4n) is 4.15. The average molecular weight is 396 g/mol. The van der Waals surface area contributed by atoms with E-state index in [4.69, 9.17) is 11.5 Å². The van der Waals surface area contributed by atoms with Crippen molar-refractivity contribution in [2.45, 2.75) is 44.1 Å². The zero-order chi connectivity index (χ0) is 21.0. The van der Waals surface area contributed by atoms with Crippen LogP contribution in [0.25, 0.3) is 0 Å². The highest BCUT2D eigenvalue weighted by atomic mass is 19.2. The number of nitrogens with two attached hydrogens (primary N) is 2. The van der Waals surface area contributed by atoms with Crippen LogP contribution in [0.4, 0.5) is 8.78 Å². The third-order valence-electron chi connectivity index (χ3n) is 5.78. The molecule has 10 heteroatoms. The van der Waals surface area contributed by atoms with Gasteiger partial charge in [-0.3, -0.25) is 14.4 Å². The van der Waals surface area contributed by atoms with Crippen LogP contribution in [-0.2, 0) is 20.9 Å². The van der Waals surface area contributed by atoms with Gasteiger partial charge in [-0.15, -0.1) is 0 Å². The molecule has 5 atom stereocenters. The third kappa shape index (κ3) is 2.75. The van der Waals surface area contributed by atoms with E-state index in [0.29, 0.717) is 5.56 Å². The molecule has 2 aliphatic rings. The number of halogens is 2. The Morgan fingerprint density at radius 3 is 2.50 bits per heavy atom. The lowest BCUT2D eigenvalue weighted by molar-refractivity contribution is -0.178. The minimum Gasteiger partial charge on any atom is -0.391 e. The topological polar surface area (TPSA) is 130 Å². The van der Waals surface area contributed by atoms with Gasteiger partial charge in [-0.2, -0.15) is 0 Å². The fourth-order valence-corrected chi connectivity index (χ4v) is 4.15. The Bertz CT molecular complexity index is 849. The Morgan fingerprint density at radius 1 is 1.36 bits per heavy atom. The largest absolute Gasteiger partial charge is 0.391 e. The van der Waals surface area contributed by atoms with Crippen molar-refractivity contribution < 1.29 is 28.3 Å². The van der Waals surface area contributed by atoms with Gasteiger partial charge in [0.15, 0.2) is 11.6 Å². The smallest absolute Gasteiger partial charge is 0.251 e. The van der Waals surface area contributed by atoms with Crippen molar-refractivity contribution in [3.63, 3.8) is 0 Å². The average Bonchev–Trinajstić information content (AvgIpc) is 2.80. The summed E-state index contributed by atoms with van der Waals surface area (Å²) in [6.45, 7) is 2.78. The van der Waals surface area contributed by atoms with Crippen LogP contribution in [0.15, 0.2) is 18.2 Å². The molecule has 0 aliphatic carbocycles. The standard InChI is InChI=1S/C18H22F2N4O4/c1-8-13(21)16(27)24(6-10-3-4-11(19)12(20)5-10)18(8)7-23(17(18)28)14(9(2)25)15(22)26/h3-5,8-9,13-14,25H,6-7,21H2,1-2H3,(H2,22,26)/t8?,9-,13?,14+,18?/m1/s1. The number of carbonyl (C=O) groups excluding carboxylic acids is 3. The number of carbonyl (C=O) groups is 3. The van der Waals surface area contributed by atoms with Gasteiger partial charge in [0.05, 0.1) is 18.7 Å². The molecule has 2 aliphatic heterocycles. The SMILES string of the molecule is CC1C(N)C(=O)N(Cc2ccc(F)c(F)c2)C12CN([C@H](C(N)=O)[C@@H](C)O)C2=O. The van der Waals surface area contributed by atoms with Crippen LogP contribution in [-0.4, -0.2) is 62.9 Å². The number of aliphatic hydroxyl groups excluding tert-OH is 1. The number of hydrogen-bond acceptors (Lipinski definition) is 5. The molecular formula is C18H22F2N4O4. The maximum absolute atomic E-state index is 13.6. The minimum atomic E-state index is -1.33. The maximum Gasteiger partial charge on any atom is 0.251 e. The summed E-state index contributed by atoms with van der Waals surface area (Å²) in [6.07, 6.45) is -1.19. The molecule has 1 aromatic carbocycles. The summed E-state index contributed by atoms with van der Waals surface area (Å²) < 4.78 is 26.7. The normalized spacial score (nSPS) is 29.2. The van der Waals surface area contributed by atoms with E-state index in [0.717, 1.165) is 17.0 Å². The Labute approximate surface area is 160 Å². The van der Waals surface area contributed by atoms with Gasteiger partial charge in [0.2, 0.25) is 11.8 Å². The molecule has 3 rings (SSSR count). The van der Waals surface area contributed by atoms with E-state index in [1.165, 1.54) is 17.9 Å². The Balaban J connectivity index is 1.93. The van der Waals surface area contributed by atoms with Gasteiger partial charge >= 0.3 is 0 Å². The van der Waals surface area contributed by atoms with Gasteiger partial charge in [0, 0.05) is 12.5 Å². The summed E-state index contributed by atoms with van der Waals surface area (Å²) in [4.78, 5) is 39.8. The lowest BCUT2D eigenvalue weighted by Crippen LogP contribution is -2.78. The fraction of sp³-hybridized carbons (Fsp3) is 0.500. The lowest BCUT2D eigenvalue weighted by Gasteiger charge is -2.55. The van der Waals surface area contributed by atoms with Gasteiger partial charge in [-0.25, -0.2) is 8.78 Å². The predicted octanol–water partition coefficient (Wildman–Crippen LogP) is -0.914. The third-order valence-corrected chi connectivity index (χ3v) is 5.78. The summed E-state index contributed by atoms with van der Waals surface area (Å²) in [7, 11) is 0. The summed E-state index contributed by atoms with van der Waals surface area (Å²) in [5.41, 5.74) is 10.2. The van der Waals surface area contributed by atoms with Crippen molar-refractivity contribution in [1.29, 1.82) is 0 Å². The molecule has 2 saturated heterocycles. The number of nitrogens with zero attached hydrogens (tertiary/aromatic N) is 2. The van der Waals surface area contributed by atoms with Crippen LogP contribution >= 0.6 is 0 Å². The highest BCUT2D eigenvalue weighted by Crippen LogP contribution is 2.45. The van der Waals surface area contributed by atoms with Gasteiger partial charge in [0.25, 0.3) is 5.91 Å². The van der Waals surface area contributed by atoms with Crippen molar-refractivity contribution in [3.05, 3.63) is 35.4 Å². The molecule has 0 radical (unpaired) electrons. The molecule has 3 amide bonds. The first-order valence-electron chi connectivity index (χ1n) is 8.81. The number of β-lactam (4-membered cyclic amide) rings is 1. The summed E-state index contributed by atoms with van der Waals surface area (Å²) in [6, 6.07) is 1.01. The van der Waals surface area contributed by atoms with Crippen LogP contribution in [0.2, 0.25) is 0 Å². The Hall–Kier alpha value is -2.59. The van der Waals surface area contributed by atoms with Gasteiger partial charge in [0.1, 0.15) is 11.6 Å². The van der Waals surface area contributed by atoms with Crippen LogP contribution in [0, 0.1) is 17.6 Å². The zero-order valence-electron chi connectivity index (χ0n) is 15.4. The zero-order valence-corrected chi connectivity index (χ0v) is 15.4. The minimum absolute atomic E-state index is 0.0470. The molecule has 8 nitrogen and oxygen atoms in total. The quantitative estimate of drug-likeness (QED) is 0.555. The van der Waals surface area contributed by atoms with Gasteiger partial charge in [-0.05, 0) is 24.6 Å². The molecule has 2 fully saturated rings. The van der Waals surface area contributed by atoms with Crippen molar-refractivity contribution in [2.75, 3.05) is 6.54 Å². The van der Waals surface area contributed by atoms with Crippen molar-refractivity contribution in [2.24, 2.45) is 17.4 Å². The van der Waals surface area contributed by atoms with Crippen LogP contribution in [0.3, 0.4) is 0 Å². The van der Waals surface area contributed by atoms with Crippen LogP contribution < -0.4 is 11.5 Å². The van der Waals surface area contributed by atoms with E-state index in [1.54, 1.807) is 6.92 Å². The molecule has 2 heterocycles. The van der Waals surface area contributed by atoms with Crippen molar-refractivity contribution in [1.82, 2.24) is 9.80 Å².